The molecule has 0 unspecified atom stereocenters. The average Bonchev–Trinajstić information content (AvgIpc) is 2.82. The lowest BCUT2D eigenvalue weighted by molar-refractivity contribution is -0.383. The van der Waals surface area contributed by atoms with Gasteiger partial charge in [0.15, 0.2) is 0 Å². The highest BCUT2D eigenvalue weighted by Gasteiger charge is 2.27. The number of hydrogen-bond donors (Lipinski definition) is 1. The number of amides is 1. The molecule has 33 heavy (non-hydrogen) atoms. The zero-order valence-corrected chi connectivity index (χ0v) is 19.2. The van der Waals surface area contributed by atoms with Crippen molar-refractivity contribution in [2.24, 2.45) is 0 Å². The molecular weight excluding hydrogens is 444 g/mol. The van der Waals surface area contributed by atoms with Crippen molar-refractivity contribution in [2.75, 3.05) is 26.7 Å². The van der Waals surface area contributed by atoms with Crippen LogP contribution < -0.4 is 5.56 Å². The molecule has 1 aromatic heterocycles. The Kier molecular flexibility index (Phi) is 7.84. The summed E-state index contributed by atoms with van der Waals surface area (Å²) in [5.41, 5.74) is 1.04. The lowest BCUT2D eigenvalue weighted by Crippen LogP contribution is -2.46. The summed E-state index contributed by atoms with van der Waals surface area (Å²) >= 11 is 0. The molecule has 2 aromatic carbocycles. The molecule has 4 rings (SSSR count). The van der Waals surface area contributed by atoms with E-state index in [4.69, 9.17) is 0 Å². The number of likely N-dealkylation sites (N-methyl/N-ethyl adjacent to an activating group) is 1. The molecule has 0 radical (unpaired) electrons. The number of piperidine rings is 1. The van der Waals surface area contributed by atoms with E-state index in [0.717, 1.165) is 25.8 Å². The van der Waals surface area contributed by atoms with Crippen molar-refractivity contribution in [3.8, 4) is 0 Å². The largest absolute Gasteiger partial charge is 0.339 e. The molecule has 3 aromatic rings. The number of H-pyrrole nitrogens is 1. The van der Waals surface area contributed by atoms with Crippen molar-refractivity contribution in [2.45, 2.75) is 25.3 Å². The van der Waals surface area contributed by atoms with Crippen molar-refractivity contribution < 1.29 is 9.72 Å². The van der Waals surface area contributed by atoms with Gasteiger partial charge in [0.2, 0.25) is 5.56 Å². The first kappa shape index (κ1) is 24.4. The molecule has 9 heteroatoms. The van der Waals surface area contributed by atoms with Crippen LogP contribution in [0.15, 0.2) is 59.4 Å². The van der Waals surface area contributed by atoms with Crippen molar-refractivity contribution in [1.29, 1.82) is 0 Å². The second kappa shape index (κ2) is 10.6. The number of pyridine rings is 1. The number of fused-ring (bicyclic) bond motifs is 1. The summed E-state index contributed by atoms with van der Waals surface area (Å²) in [5, 5.41) is 12.0. The maximum Gasteiger partial charge on any atom is 0.294 e. The predicted molar refractivity (Wildman–Crippen MR) is 130 cm³/mol. The fourth-order valence-corrected chi connectivity index (χ4v) is 4.34. The number of nitrogens with zero attached hydrogens (tertiary/aromatic N) is 3. The molecule has 0 atom stereocenters. The summed E-state index contributed by atoms with van der Waals surface area (Å²) < 4.78 is 0. The topological polar surface area (TPSA) is 99.5 Å². The molecule has 0 aliphatic carbocycles. The SMILES string of the molecule is CN(CCc1ccccc1)C1CCN(C(=O)c2cc([N+](=O)[O-])c3[nH]c(=O)ccc3c2)CC1.Cl. The van der Waals surface area contributed by atoms with E-state index >= 15 is 0 Å². The van der Waals surface area contributed by atoms with Crippen molar-refractivity contribution in [3.63, 3.8) is 0 Å². The van der Waals surface area contributed by atoms with E-state index in [1.807, 2.05) is 18.2 Å². The van der Waals surface area contributed by atoms with E-state index in [2.05, 4.69) is 29.1 Å². The van der Waals surface area contributed by atoms with Gasteiger partial charge in [0.1, 0.15) is 5.52 Å². The number of aromatic nitrogens is 1. The molecule has 0 bridgehead atoms. The minimum atomic E-state index is -0.566. The number of benzene rings is 2. The fourth-order valence-electron chi connectivity index (χ4n) is 4.34. The Morgan fingerprint density at radius 1 is 1.15 bits per heavy atom. The lowest BCUT2D eigenvalue weighted by Gasteiger charge is -2.37. The number of nitro groups is 1. The second-order valence-electron chi connectivity index (χ2n) is 8.28. The molecule has 174 valence electrons. The summed E-state index contributed by atoms with van der Waals surface area (Å²) in [5.74, 6) is -0.216. The van der Waals surface area contributed by atoms with Crippen LogP contribution in [0, 0.1) is 10.1 Å². The van der Waals surface area contributed by atoms with E-state index in [1.54, 1.807) is 11.0 Å². The van der Waals surface area contributed by atoms with Gasteiger partial charge in [0.25, 0.3) is 11.6 Å². The van der Waals surface area contributed by atoms with Gasteiger partial charge in [-0.15, -0.1) is 12.4 Å². The van der Waals surface area contributed by atoms with Gasteiger partial charge >= 0.3 is 0 Å². The Bertz CT molecular complexity index is 1190. The Morgan fingerprint density at radius 3 is 2.52 bits per heavy atom. The van der Waals surface area contributed by atoms with Crippen LogP contribution in [0.5, 0.6) is 0 Å². The first-order valence-electron chi connectivity index (χ1n) is 10.8. The number of nitrogens with one attached hydrogen (secondary N) is 1. The number of carbonyl (C=O) groups is 1. The highest BCUT2D eigenvalue weighted by Crippen LogP contribution is 2.26. The standard InChI is InChI=1S/C24H26N4O4.ClH/c1-26(12-9-17-5-3-2-4-6-17)20-10-13-27(14-11-20)24(30)19-15-18-7-8-22(29)25-23(18)21(16-19)28(31)32;/h2-8,15-16,20H,9-14H2,1H3,(H,25,29);1H. The van der Waals surface area contributed by atoms with Gasteiger partial charge in [-0.1, -0.05) is 30.3 Å². The van der Waals surface area contributed by atoms with Crippen LogP contribution in [0.4, 0.5) is 5.69 Å². The number of nitro benzene ring substituents is 1. The van der Waals surface area contributed by atoms with E-state index in [1.165, 1.54) is 23.8 Å². The first-order valence-corrected chi connectivity index (χ1v) is 10.8. The smallest absolute Gasteiger partial charge is 0.294 e. The molecule has 2 heterocycles. The minimum Gasteiger partial charge on any atom is -0.339 e. The maximum atomic E-state index is 13.1. The quantitative estimate of drug-likeness (QED) is 0.438. The first-order chi connectivity index (χ1) is 15.4. The molecule has 1 aliphatic heterocycles. The van der Waals surface area contributed by atoms with Crippen LogP contribution in [0.25, 0.3) is 10.9 Å². The second-order valence-corrected chi connectivity index (χ2v) is 8.28. The third kappa shape index (κ3) is 5.58. The monoisotopic (exact) mass is 470 g/mol. The van der Waals surface area contributed by atoms with Gasteiger partial charge in [-0.25, -0.2) is 0 Å². The molecule has 1 aliphatic rings. The van der Waals surface area contributed by atoms with Crippen molar-refractivity contribution >= 4 is 34.9 Å². The summed E-state index contributed by atoms with van der Waals surface area (Å²) in [6.07, 6.45) is 2.71. The zero-order chi connectivity index (χ0) is 22.7. The van der Waals surface area contributed by atoms with Crippen LogP contribution in [0.1, 0.15) is 28.8 Å². The minimum absolute atomic E-state index is 0. The third-order valence-electron chi connectivity index (χ3n) is 6.23. The van der Waals surface area contributed by atoms with Crippen molar-refractivity contribution in [3.05, 3.63) is 86.2 Å². The number of carbonyl (C=O) groups excluding carboxylic acids is 1. The van der Waals surface area contributed by atoms with Crippen molar-refractivity contribution in [1.82, 2.24) is 14.8 Å². The van der Waals surface area contributed by atoms with Gasteiger partial charge < -0.3 is 14.8 Å². The van der Waals surface area contributed by atoms with Crippen LogP contribution in [0.3, 0.4) is 0 Å². The molecule has 1 fully saturated rings. The summed E-state index contributed by atoms with van der Waals surface area (Å²) in [6.45, 7) is 2.17. The van der Waals surface area contributed by atoms with Gasteiger partial charge in [0.05, 0.1) is 4.92 Å². The number of aromatic amines is 1. The molecule has 1 amide bonds. The molecule has 1 saturated heterocycles. The third-order valence-corrected chi connectivity index (χ3v) is 6.23. The molecule has 1 N–H and O–H groups in total. The average molecular weight is 471 g/mol. The van der Waals surface area contributed by atoms with E-state index in [9.17, 15) is 19.7 Å². The summed E-state index contributed by atoms with van der Waals surface area (Å²) in [4.78, 5) is 42.2. The Balaban J connectivity index is 0.00000306. The highest BCUT2D eigenvalue weighted by molar-refractivity contribution is 6.00. The number of halogens is 1. The van der Waals surface area contributed by atoms with Crippen LogP contribution in [-0.2, 0) is 6.42 Å². The van der Waals surface area contributed by atoms with E-state index in [-0.39, 0.29) is 35.1 Å². The summed E-state index contributed by atoms with van der Waals surface area (Å²) in [7, 11) is 2.12. The Morgan fingerprint density at radius 2 is 1.85 bits per heavy atom. The molecule has 8 nitrogen and oxygen atoms in total. The number of non-ortho nitro benzene ring substituents is 1. The highest BCUT2D eigenvalue weighted by atomic mass is 35.5. The zero-order valence-electron chi connectivity index (χ0n) is 18.4. The predicted octanol–water partition coefficient (Wildman–Crippen LogP) is 3.64. The number of likely N-dealkylation sites (tertiary alicyclic amines) is 1. The van der Waals surface area contributed by atoms with Gasteiger partial charge in [-0.05, 0) is 44.0 Å². The normalized spacial score (nSPS) is 14.3. The Labute approximate surface area is 197 Å². The molecule has 0 spiro atoms. The summed E-state index contributed by atoms with van der Waals surface area (Å²) in [6, 6.07) is 16.5. The van der Waals surface area contributed by atoms with Crippen LogP contribution in [-0.4, -0.2) is 58.3 Å². The van der Waals surface area contributed by atoms with Crippen LogP contribution in [0.2, 0.25) is 0 Å². The number of rotatable bonds is 6. The van der Waals surface area contributed by atoms with Crippen LogP contribution >= 0.6 is 12.4 Å². The maximum absolute atomic E-state index is 13.1. The number of hydrogen-bond acceptors (Lipinski definition) is 5. The van der Waals surface area contributed by atoms with Gasteiger partial charge in [0, 0.05) is 48.8 Å². The van der Waals surface area contributed by atoms with E-state index in [0.29, 0.717) is 24.5 Å². The molecular formula is C24H27ClN4O4. The fraction of sp³-hybridized carbons (Fsp3) is 0.333. The van der Waals surface area contributed by atoms with Gasteiger partial charge in [-0.2, -0.15) is 0 Å². The van der Waals surface area contributed by atoms with Gasteiger partial charge in [-0.3, -0.25) is 19.7 Å². The Hall–Kier alpha value is -3.23. The van der Waals surface area contributed by atoms with E-state index < -0.39 is 10.5 Å². The molecule has 0 saturated carbocycles. The lowest BCUT2D eigenvalue weighted by atomic mass is 10.0.